The van der Waals surface area contributed by atoms with Crippen molar-refractivity contribution in [1.82, 2.24) is 4.90 Å². The van der Waals surface area contributed by atoms with Gasteiger partial charge in [-0.15, -0.1) is 0 Å². The summed E-state index contributed by atoms with van der Waals surface area (Å²) in [5, 5.41) is 0. The molecule has 5 heteroatoms. The first-order valence-electron chi connectivity index (χ1n) is 11.2. The van der Waals surface area contributed by atoms with Crippen molar-refractivity contribution in [2.24, 2.45) is 5.92 Å². The fourth-order valence-corrected chi connectivity index (χ4v) is 4.60. The predicted molar refractivity (Wildman–Crippen MR) is 118 cm³/mol. The van der Waals surface area contributed by atoms with Crippen LogP contribution in [-0.2, 0) is 20.9 Å². The lowest BCUT2D eigenvalue weighted by atomic mass is 9.84. The number of hydrogen-bond donors (Lipinski definition) is 0. The minimum atomic E-state index is -0.516. The highest BCUT2D eigenvalue weighted by molar-refractivity contribution is 5.98. The number of benzene rings is 2. The molecule has 4 rings (SSSR count). The maximum atomic E-state index is 12.5. The summed E-state index contributed by atoms with van der Waals surface area (Å²) in [5.74, 6) is -0.673. The zero-order chi connectivity index (χ0) is 21.6. The number of carbonyl (C=O) groups excluding carboxylic acids is 3. The van der Waals surface area contributed by atoms with E-state index in [2.05, 4.69) is 0 Å². The highest BCUT2D eigenvalue weighted by atomic mass is 16.5. The summed E-state index contributed by atoms with van der Waals surface area (Å²) >= 11 is 0. The van der Waals surface area contributed by atoms with Crippen LogP contribution in [0, 0.1) is 5.92 Å². The maximum Gasteiger partial charge on any atom is 0.311 e. The van der Waals surface area contributed by atoms with Gasteiger partial charge in [-0.05, 0) is 29.9 Å². The summed E-state index contributed by atoms with van der Waals surface area (Å²) < 4.78 is 5.27. The molecule has 1 atom stereocenters. The Balaban J connectivity index is 1.26. The van der Waals surface area contributed by atoms with Crippen LogP contribution in [-0.4, -0.2) is 35.7 Å². The number of ketones is 1. The molecular weight excluding hydrogens is 390 g/mol. The molecule has 162 valence electrons. The summed E-state index contributed by atoms with van der Waals surface area (Å²) in [7, 11) is 0. The number of nitrogens with zero attached hydrogens (tertiary/aromatic N) is 1. The van der Waals surface area contributed by atoms with E-state index in [0.717, 1.165) is 5.56 Å². The lowest BCUT2D eigenvalue weighted by Gasteiger charge is -2.22. The van der Waals surface area contributed by atoms with Crippen LogP contribution in [0.15, 0.2) is 54.6 Å². The van der Waals surface area contributed by atoms with Crippen molar-refractivity contribution in [2.75, 3.05) is 13.2 Å². The summed E-state index contributed by atoms with van der Waals surface area (Å²) in [6.45, 7) is 0.525. The Bertz CT molecular complexity index is 916. The largest absolute Gasteiger partial charge is 0.457 e. The van der Waals surface area contributed by atoms with Crippen LogP contribution in [0.25, 0.3) is 0 Å². The van der Waals surface area contributed by atoms with Gasteiger partial charge in [0.25, 0.3) is 0 Å². The molecule has 1 aliphatic heterocycles. The third kappa shape index (κ3) is 5.40. The molecule has 0 aromatic heterocycles. The van der Waals surface area contributed by atoms with E-state index in [0.29, 0.717) is 24.6 Å². The number of ether oxygens (including phenoxy) is 1. The smallest absolute Gasteiger partial charge is 0.311 e. The van der Waals surface area contributed by atoms with E-state index in [1.807, 2.05) is 54.6 Å². The average molecular weight is 420 g/mol. The monoisotopic (exact) mass is 419 g/mol. The molecule has 31 heavy (non-hydrogen) atoms. The Labute approximate surface area is 183 Å². The number of likely N-dealkylation sites (tertiary alicyclic amines) is 1. The van der Waals surface area contributed by atoms with Crippen LogP contribution in [0.1, 0.15) is 65.9 Å². The van der Waals surface area contributed by atoms with E-state index in [9.17, 15) is 14.4 Å². The van der Waals surface area contributed by atoms with Gasteiger partial charge in [-0.2, -0.15) is 0 Å². The fourth-order valence-electron chi connectivity index (χ4n) is 4.60. The van der Waals surface area contributed by atoms with Crippen LogP contribution < -0.4 is 0 Å². The molecule has 2 aliphatic rings. The quantitative estimate of drug-likeness (QED) is 0.489. The summed E-state index contributed by atoms with van der Waals surface area (Å²) in [6, 6.07) is 17.4. The van der Waals surface area contributed by atoms with Crippen molar-refractivity contribution in [3.63, 3.8) is 0 Å². The van der Waals surface area contributed by atoms with Gasteiger partial charge in [0.1, 0.15) is 0 Å². The van der Waals surface area contributed by atoms with Gasteiger partial charge in [-0.25, -0.2) is 0 Å². The molecule has 1 saturated heterocycles. The first-order valence-corrected chi connectivity index (χ1v) is 11.2. The molecule has 1 unspecified atom stereocenters. The standard InChI is InChI=1S/C26H29NO4/c28-24(22-13-11-21(12-14-22)20-9-5-2-6-10-20)18-31-26(30)23-15-25(29)27(17-23)16-19-7-3-1-4-8-19/h1,3-4,7-8,11-14,20,23H,2,5-6,9-10,15-18H2. The fraction of sp³-hybridized carbons (Fsp3) is 0.423. The van der Waals surface area contributed by atoms with Crippen molar-refractivity contribution >= 4 is 17.7 Å². The molecule has 1 heterocycles. The van der Waals surface area contributed by atoms with E-state index < -0.39 is 11.9 Å². The van der Waals surface area contributed by atoms with Gasteiger partial charge in [0.2, 0.25) is 5.91 Å². The van der Waals surface area contributed by atoms with Gasteiger partial charge in [0.15, 0.2) is 12.4 Å². The molecular formula is C26H29NO4. The first kappa shape index (κ1) is 21.3. The van der Waals surface area contributed by atoms with Crippen LogP contribution in [0.3, 0.4) is 0 Å². The zero-order valence-corrected chi connectivity index (χ0v) is 17.8. The molecule has 2 fully saturated rings. The summed E-state index contributed by atoms with van der Waals surface area (Å²) in [6.07, 6.45) is 6.42. The van der Waals surface area contributed by atoms with Crippen molar-refractivity contribution < 1.29 is 19.1 Å². The molecule has 5 nitrogen and oxygen atoms in total. The van der Waals surface area contributed by atoms with Crippen molar-refractivity contribution in [3.8, 4) is 0 Å². The van der Waals surface area contributed by atoms with E-state index in [1.54, 1.807) is 4.90 Å². The van der Waals surface area contributed by atoms with Crippen molar-refractivity contribution in [1.29, 1.82) is 0 Å². The van der Waals surface area contributed by atoms with Gasteiger partial charge >= 0.3 is 5.97 Å². The molecule has 1 amide bonds. The van der Waals surface area contributed by atoms with Gasteiger partial charge < -0.3 is 9.64 Å². The average Bonchev–Trinajstić information content (AvgIpc) is 3.19. The normalized spacial score (nSPS) is 19.4. The number of esters is 1. The number of amides is 1. The van der Waals surface area contributed by atoms with Gasteiger partial charge in [-0.1, -0.05) is 73.9 Å². The Morgan fingerprint density at radius 3 is 2.35 bits per heavy atom. The molecule has 0 spiro atoms. The third-order valence-corrected chi connectivity index (χ3v) is 6.42. The minimum absolute atomic E-state index is 0.0598. The second-order valence-electron chi connectivity index (χ2n) is 8.65. The first-order chi connectivity index (χ1) is 15.1. The van der Waals surface area contributed by atoms with Gasteiger partial charge in [0.05, 0.1) is 5.92 Å². The van der Waals surface area contributed by atoms with Crippen LogP contribution in [0.2, 0.25) is 0 Å². The van der Waals surface area contributed by atoms with Gasteiger partial charge in [0, 0.05) is 25.1 Å². The minimum Gasteiger partial charge on any atom is -0.457 e. The zero-order valence-electron chi connectivity index (χ0n) is 17.8. The van der Waals surface area contributed by atoms with E-state index in [-0.39, 0.29) is 24.7 Å². The molecule has 2 aromatic carbocycles. The Morgan fingerprint density at radius 1 is 0.935 bits per heavy atom. The second kappa shape index (κ2) is 9.90. The SMILES string of the molecule is O=C(COC(=O)C1CC(=O)N(Cc2ccccc2)C1)c1ccc(C2CCCCC2)cc1. The maximum absolute atomic E-state index is 12.5. The molecule has 0 N–H and O–H groups in total. The Morgan fingerprint density at radius 2 is 1.65 bits per heavy atom. The van der Waals surface area contributed by atoms with E-state index in [4.69, 9.17) is 4.74 Å². The molecule has 1 aliphatic carbocycles. The second-order valence-corrected chi connectivity index (χ2v) is 8.65. The molecule has 2 aromatic rings. The lowest BCUT2D eigenvalue weighted by molar-refractivity contribution is -0.147. The number of carbonyl (C=O) groups is 3. The molecule has 0 bridgehead atoms. The number of rotatable bonds is 7. The van der Waals surface area contributed by atoms with Crippen LogP contribution in [0.5, 0.6) is 0 Å². The van der Waals surface area contributed by atoms with Crippen molar-refractivity contribution in [2.45, 2.75) is 51.0 Å². The van der Waals surface area contributed by atoms with Crippen molar-refractivity contribution in [3.05, 3.63) is 71.3 Å². The molecule has 1 saturated carbocycles. The topological polar surface area (TPSA) is 63.7 Å². The lowest BCUT2D eigenvalue weighted by Crippen LogP contribution is -2.27. The summed E-state index contributed by atoms with van der Waals surface area (Å²) in [5.41, 5.74) is 2.87. The van der Waals surface area contributed by atoms with E-state index in [1.165, 1.54) is 37.7 Å². The number of Topliss-reactive ketones (excluding diaryl/α,β-unsaturated/α-hetero) is 1. The highest BCUT2D eigenvalue weighted by Crippen LogP contribution is 2.32. The molecule has 0 radical (unpaired) electrons. The Kier molecular flexibility index (Phi) is 6.80. The third-order valence-electron chi connectivity index (χ3n) is 6.42. The predicted octanol–water partition coefficient (Wildman–Crippen LogP) is 4.51. The number of hydrogen-bond acceptors (Lipinski definition) is 4. The van der Waals surface area contributed by atoms with Crippen LogP contribution >= 0.6 is 0 Å². The van der Waals surface area contributed by atoms with Gasteiger partial charge in [-0.3, -0.25) is 14.4 Å². The van der Waals surface area contributed by atoms with Crippen LogP contribution in [0.4, 0.5) is 0 Å². The highest BCUT2D eigenvalue weighted by Gasteiger charge is 2.35. The Hall–Kier alpha value is -2.95. The van der Waals surface area contributed by atoms with E-state index >= 15 is 0 Å². The summed E-state index contributed by atoms with van der Waals surface area (Å²) in [4.78, 5) is 38.8.